The molecule has 0 spiro atoms. The van der Waals surface area contributed by atoms with Gasteiger partial charge in [0.1, 0.15) is 0 Å². The molecule has 0 aliphatic rings. The molecule has 144 valence electrons. The van der Waals surface area contributed by atoms with Crippen LogP contribution in [0, 0.1) is 0 Å². The molecule has 0 radical (unpaired) electrons. The summed E-state index contributed by atoms with van der Waals surface area (Å²) in [5.74, 6) is 0. The van der Waals surface area contributed by atoms with Crippen LogP contribution in [0.1, 0.15) is 0 Å². The van der Waals surface area contributed by atoms with Gasteiger partial charge in [0.05, 0.1) is 0 Å². The first kappa shape index (κ1) is 19.0. The summed E-state index contributed by atoms with van der Waals surface area (Å²) in [6, 6.07) is 36.5. The van der Waals surface area contributed by atoms with Crippen molar-refractivity contribution in [3.8, 4) is 0 Å². The van der Waals surface area contributed by atoms with Gasteiger partial charge in [0.15, 0.2) is 0 Å². The van der Waals surface area contributed by atoms with E-state index >= 15 is 0 Å². The quantitative estimate of drug-likeness (QED) is 0.366. The van der Waals surface area contributed by atoms with Gasteiger partial charge in [0.25, 0.3) is 0 Å². The van der Waals surface area contributed by atoms with Crippen molar-refractivity contribution >= 4 is 30.4 Å². The zero-order valence-electron chi connectivity index (χ0n) is 15.7. The zero-order valence-corrected chi connectivity index (χ0v) is 16.6. The minimum Gasteiger partial charge on any atom is -0.766 e. The van der Waals surface area contributed by atoms with Gasteiger partial charge in [0.2, 0.25) is 7.67 Å². The highest BCUT2D eigenvalue weighted by Gasteiger charge is 2.30. The van der Waals surface area contributed by atoms with Crippen LogP contribution in [0.15, 0.2) is 121 Å². The van der Waals surface area contributed by atoms with Crippen molar-refractivity contribution in [1.29, 1.82) is 0 Å². The van der Waals surface area contributed by atoms with Gasteiger partial charge in [-0.05, 0) is 48.5 Å². The molecule has 0 N–H and O–H groups in total. The van der Waals surface area contributed by atoms with Crippen molar-refractivity contribution in [3.63, 3.8) is 0 Å². The van der Waals surface area contributed by atoms with Crippen LogP contribution in [-0.2, 0) is 4.57 Å². The monoisotopic (exact) mass is 399 g/mol. The summed E-state index contributed by atoms with van der Waals surface area (Å²) in [5, 5.41) is 0. The number of para-hydroxylation sites is 4. The Labute approximate surface area is 170 Å². The molecule has 0 aliphatic heterocycles. The molecule has 4 aromatic carbocycles. The summed E-state index contributed by atoms with van der Waals surface area (Å²) < 4.78 is 16.9. The molecule has 0 aliphatic carbocycles. The minimum atomic E-state index is -4.38. The van der Waals surface area contributed by atoms with Crippen LogP contribution in [0.2, 0.25) is 0 Å². The number of hydrogen-bond acceptors (Lipinski definition) is 2. The summed E-state index contributed by atoms with van der Waals surface area (Å²) in [6.45, 7) is 0. The van der Waals surface area contributed by atoms with E-state index in [0.717, 1.165) is 0 Å². The topological polar surface area (TPSA) is 46.6 Å². The Morgan fingerprint density at radius 2 is 0.655 bits per heavy atom. The molecule has 0 heterocycles. The molecule has 4 rings (SSSR count). The lowest BCUT2D eigenvalue weighted by atomic mass is 10.3. The molecule has 0 amide bonds. The molecule has 0 saturated heterocycles. The maximum Gasteiger partial charge on any atom is 0.207 e. The van der Waals surface area contributed by atoms with E-state index in [-0.39, 0.29) is 0 Å². The molecule has 29 heavy (non-hydrogen) atoms. The second-order valence-electron chi connectivity index (χ2n) is 6.46. The minimum absolute atomic E-state index is 0.578. The Bertz CT molecular complexity index is 925. The Balaban J connectivity index is 1.93. The van der Waals surface area contributed by atoms with Crippen molar-refractivity contribution < 1.29 is 9.46 Å². The summed E-state index contributed by atoms with van der Waals surface area (Å²) in [5.41, 5.74) is 2.31. The van der Waals surface area contributed by atoms with E-state index in [9.17, 15) is 9.46 Å². The first-order valence-corrected chi connectivity index (χ1v) is 10.8. The van der Waals surface area contributed by atoms with Gasteiger partial charge in [-0.3, -0.25) is 13.9 Å². The van der Waals surface area contributed by atoms with E-state index < -0.39 is 7.67 Å². The van der Waals surface area contributed by atoms with Crippen LogP contribution in [0.4, 0.5) is 22.7 Å². The summed E-state index contributed by atoms with van der Waals surface area (Å²) in [4.78, 5) is 14.1. The van der Waals surface area contributed by atoms with E-state index in [1.807, 2.05) is 72.8 Å². The fourth-order valence-electron chi connectivity index (χ4n) is 3.25. The predicted molar refractivity (Wildman–Crippen MR) is 118 cm³/mol. The Hall–Kier alpha value is -3.33. The lowest BCUT2D eigenvalue weighted by Crippen LogP contribution is -2.33. The van der Waals surface area contributed by atoms with Crippen molar-refractivity contribution in [1.82, 2.24) is 0 Å². The highest BCUT2D eigenvalue weighted by atomic mass is 31.2. The van der Waals surface area contributed by atoms with Crippen LogP contribution in [-0.4, -0.2) is 0 Å². The van der Waals surface area contributed by atoms with Crippen LogP contribution in [0.25, 0.3) is 0 Å². The van der Waals surface area contributed by atoms with Gasteiger partial charge in [-0.15, -0.1) is 0 Å². The molecule has 4 aromatic rings. The molecule has 0 aromatic heterocycles. The van der Waals surface area contributed by atoms with E-state index in [4.69, 9.17) is 0 Å². The Morgan fingerprint density at radius 3 is 0.862 bits per heavy atom. The molecule has 5 heteroatoms. The Kier molecular flexibility index (Phi) is 5.48. The second-order valence-corrected chi connectivity index (χ2v) is 8.24. The lowest BCUT2D eigenvalue weighted by Gasteiger charge is -2.45. The Morgan fingerprint density at radius 1 is 0.448 bits per heavy atom. The first-order chi connectivity index (χ1) is 14.2. The largest absolute Gasteiger partial charge is 0.766 e. The highest BCUT2D eigenvalue weighted by molar-refractivity contribution is 7.61. The van der Waals surface area contributed by atoms with Crippen molar-refractivity contribution in [3.05, 3.63) is 121 Å². The summed E-state index contributed by atoms with van der Waals surface area (Å²) >= 11 is 0. The maximum absolute atomic E-state index is 14.1. The average molecular weight is 399 g/mol. The van der Waals surface area contributed by atoms with Gasteiger partial charge in [-0.1, -0.05) is 72.8 Å². The fraction of sp³-hybridized carbons (Fsp3) is 0. The molecule has 0 unspecified atom stereocenters. The highest BCUT2D eigenvalue weighted by Crippen LogP contribution is 2.57. The number of nitrogens with zero attached hydrogens (tertiary/aromatic N) is 2. The fourth-order valence-corrected chi connectivity index (χ4v) is 5.13. The standard InChI is InChI=1S/C24H21N2O2P/c27-29(28,25(21-13-5-1-6-14-21)22-15-7-2-8-16-22)26(23-17-9-3-10-18-23)24-19-11-4-12-20-24/h1-20H,(H,27,28)/p-1. The molecule has 0 saturated carbocycles. The van der Waals surface area contributed by atoms with Gasteiger partial charge < -0.3 is 4.89 Å². The van der Waals surface area contributed by atoms with Gasteiger partial charge in [0, 0.05) is 22.7 Å². The van der Waals surface area contributed by atoms with Crippen molar-refractivity contribution in [2.24, 2.45) is 0 Å². The maximum atomic E-state index is 14.1. The smallest absolute Gasteiger partial charge is 0.207 e. The van der Waals surface area contributed by atoms with Crippen LogP contribution >= 0.6 is 7.67 Å². The van der Waals surface area contributed by atoms with E-state index in [0.29, 0.717) is 22.7 Å². The lowest BCUT2D eigenvalue weighted by molar-refractivity contribution is -0.175. The third kappa shape index (κ3) is 3.95. The molecular formula is C24H20N2O2P-. The third-order valence-corrected chi connectivity index (χ3v) is 6.44. The zero-order chi connectivity index (χ0) is 20.1. The summed E-state index contributed by atoms with van der Waals surface area (Å²) in [6.07, 6.45) is 0. The number of rotatable bonds is 6. The first-order valence-electron chi connectivity index (χ1n) is 9.30. The van der Waals surface area contributed by atoms with Crippen LogP contribution in [0.3, 0.4) is 0 Å². The predicted octanol–water partition coefficient (Wildman–Crippen LogP) is 6.13. The molecular weight excluding hydrogens is 379 g/mol. The van der Waals surface area contributed by atoms with Crippen LogP contribution in [0.5, 0.6) is 0 Å². The normalized spacial score (nSPS) is 11.1. The van der Waals surface area contributed by atoms with Gasteiger partial charge >= 0.3 is 0 Å². The molecule has 4 nitrogen and oxygen atoms in total. The third-order valence-electron chi connectivity index (χ3n) is 4.51. The van der Waals surface area contributed by atoms with Gasteiger partial charge in [-0.25, -0.2) is 0 Å². The average Bonchev–Trinajstić information content (AvgIpc) is 2.77. The molecule has 0 bridgehead atoms. The summed E-state index contributed by atoms with van der Waals surface area (Å²) in [7, 11) is -4.38. The number of benzene rings is 4. The van der Waals surface area contributed by atoms with Crippen molar-refractivity contribution in [2.75, 3.05) is 9.34 Å². The second kappa shape index (κ2) is 8.36. The van der Waals surface area contributed by atoms with Gasteiger partial charge in [-0.2, -0.15) is 0 Å². The van der Waals surface area contributed by atoms with E-state index in [2.05, 4.69) is 0 Å². The molecule has 0 atom stereocenters. The van der Waals surface area contributed by atoms with E-state index in [1.54, 1.807) is 48.5 Å². The number of hydrogen-bond donors (Lipinski definition) is 0. The SMILES string of the molecule is O=P([O-])(N(c1ccccc1)c1ccccc1)N(c1ccccc1)c1ccccc1. The molecule has 0 fully saturated rings. The van der Waals surface area contributed by atoms with E-state index in [1.165, 1.54) is 9.34 Å². The number of anilines is 4. The van der Waals surface area contributed by atoms with Crippen molar-refractivity contribution in [2.45, 2.75) is 0 Å². The van der Waals surface area contributed by atoms with Crippen LogP contribution < -0.4 is 14.2 Å².